The predicted octanol–water partition coefficient (Wildman–Crippen LogP) is 2.13. The number of carboxylic acid groups (broad SMARTS) is 1. The third-order valence-corrected chi connectivity index (χ3v) is 4.79. The van der Waals surface area contributed by atoms with Crippen molar-refractivity contribution in [3.8, 4) is 0 Å². The summed E-state index contributed by atoms with van der Waals surface area (Å²) < 4.78 is 0. The first-order chi connectivity index (χ1) is 10.0. The molecule has 120 valence electrons. The van der Waals surface area contributed by atoms with Crippen molar-refractivity contribution in [2.75, 3.05) is 6.26 Å². The van der Waals surface area contributed by atoms with E-state index >= 15 is 0 Å². The molecule has 2 unspecified atom stereocenters. The van der Waals surface area contributed by atoms with Crippen molar-refractivity contribution in [1.29, 1.82) is 0 Å². The molecule has 21 heavy (non-hydrogen) atoms. The van der Waals surface area contributed by atoms with E-state index in [1.54, 1.807) is 11.8 Å². The fourth-order valence-electron chi connectivity index (χ4n) is 2.50. The number of rotatable bonds is 7. The number of carboxylic acids is 1. The van der Waals surface area contributed by atoms with E-state index in [9.17, 15) is 14.4 Å². The Bertz CT molecular complexity index is 376. The van der Waals surface area contributed by atoms with Crippen molar-refractivity contribution < 1.29 is 19.5 Å². The Morgan fingerprint density at radius 3 is 2.48 bits per heavy atom. The summed E-state index contributed by atoms with van der Waals surface area (Å²) in [4.78, 5) is 33.7. The molecule has 2 atom stereocenters. The normalized spacial score (nSPS) is 21.6. The maximum Gasteiger partial charge on any atom is 0.321 e. The maximum absolute atomic E-state index is 11.8. The van der Waals surface area contributed by atoms with Gasteiger partial charge in [-0.3, -0.25) is 14.9 Å². The molecule has 0 aromatic carbocycles. The van der Waals surface area contributed by atoms with Crippen LogP contribution in [0, 0.1) is 0 Å². The minimum Gasteiger partial charge on any atom is -0.481 e. The lowest BCUT2D eigenvalue weighted by Gasteiger charge is -2.30. The summed E-state index contributed by atoms with van der Waals surface area (Å²) in [5.74, 6) is -1.22. The summed E-state index contributed by atoms with van der Waals surface area (Å²) in [5, 5.41) is 14.1. The first-order valence-electron chi connectivity index (χ1n) is 7.38. The van der Waals surface area contributed by atoms with E-state index in [1.807, 2.05) is 6.26 Å². The third-order valence-electron chi connectivity index (χ3n) is 3.62. The van der Waals surface area contributed by atoms with Gasteiger partial charge in [0.15, 0.2) is 0 Å². The highest BCUT2D eigenvalue weighted by atomic mass is 32.2. The number of nitrogens with one attached hydrogen (secondary N) is 2. The molecule has 3 N–H and O–H groups in total. The molecule has 1 rings (SSSR count). The average Bonchev–Trinajstić information content (AvgIpc) is 2.44. The second-order valence-corrected chi connectivity index (χ2v) is 6.36. The van der Waals surface area contributed by atoms with Crippen LogP contribution in [0.15, 0.2) is 0 Å². The summed E-state index contributed by atoms with van der Waals surface area (Å²) in [6, 6.07) is -0.322. The van der Waals surface area contributed by atoms with Gasteiger partial charge < -0.3 is 10.4 Å². The Balaban J connectivity index is 2.22. The quantitative estimate of drug-likeness (QED) is 0.625. The van der Waals surface area contributed by atoms with Gasteiger partial charge in [-0.1, -0.05) is 12.8 Å². The van der Waals surface area contributed by atoms with Gasteiger partial charge in [-0.25, -0.2) is 4.79 Å². The highest BCUT2D eigenvalue weighted by Gasteiger charge is 2.25. The Morgan fingerprint density at radius 1 is 1.14 bits per heavy atom. The van der Waals surface area contributed by atoms with Crippen molar-refractivity contribution in [3.05, 3.63) is 0 Å². The predicted molar refractivity (Wildman–Crippen MR) is 82.3 cm³/mol. The standard InChI is InChI=1S/C14H24N2O4S/c1-21-11-7-3-2-6-10(11)15-14(20)16-12(17)8-4-5-9-13(18)19/h10-11H,2-9H2,1H3,(H,18,19)(H2,15,16,17,20). The van der Waals surface area contributed by atoms with Crippen LogP contribution < -0.4 is 10.6 Å². The number of unbranched alkanes of at least 4 members (excludes halogenated alkanes) is 1. The molecule has 0 heterocycles. The maximum atomic E-state index is 11.8. The van der Waals surface area contributed by atoms with E-state index in [4.69, 9.17) is 5.11 Å². The van der Waals surface area contributed by atoms with Gasteiger partial charge in [-0.15, -0.1) is 0 Å². The van der Waals surface area contributed by atoms with Gasteiger partial charge in [-0.05, 0) is 31.9 Å². The SMILES string of the molecule is CSC1CCCCC1NC(=O)NC(=O)CCCCC(=O)O. The summed E-state index contributed by atoms with van der Waals surface area (Å²) in [5.41, 5.74) is 0. The van der Waals surface area contributed by atoms with E-state index in [-0.39, 0.29) is 24.8 Å². The monoisotopic (exact) mass is 316 g/mol. The van der Waals surface area contributed by atoms with Crippen LogP contribution >= 0.6 is 11.8 Å². The molecular weight excluding hydrogens is 292 g/mol. The van der Waals surface area contributed by atoms with Gasteiger partial charge >= 0.3 is 12.0 Å². The zero-order valence-electron chi connectivity index (χ0n) is 12.4. The minimum atomic E-state index is -0.867. The van der Waals surface area contributed by atoms with Crippen molar-refractivity contribution in [1.82, 2.24) is 10.6 Å². The topological polar surface area (TPSA) is 95.5 Å². The molecule has 0 radical (unpaired) electrons. The molecule has 0 aromatic heterocycles. The summed E-state index contributed by atoms with van der Waals surface area (Å²) in [7, 11) is 0. The van der Waals surface area contributed by atoms with Gasteiger partial charge in [0, 0.05) is 24.1 Å². The summed E-state index contributed by atoms with van der Waals surface area (Å²) in [6.07, 6.45) is 7.52. The zero-order chi connectivity index (χ0) is 15.7. The Kier molecular flexibility index (Phi) is 8.19. The molecule has 0 aliphatic heterocycles. The first kappa shape index (κ1) is 17.8. The lowest BCUT2D eigenvalue weighted by atomic mass is 9.95. The van der Waals surface area contributed by atoms with Gasteiger partial charge in [-0.2, -0.15) is 11.8 Å². The van der Waals surface area contributed by atoms with Crippen LogP contribution in [0.4, 0.5) is 4.79 Å². The number of imide groups is 1. The van der Waals surface area contributed by atoms with Crippen LogP contribution in [-0.2, 0) is 9.59 Å². The Morgan fingerprint density at radius 2 is 1.81 bits per heavy atom. The Hall–Kier alpha value is -1.24. The first-order valence-corrected chi connectivity index (χ1v) is 8.66. The van der Waals surface area contributed by atoms with Gasteiger partial charge in [0.1, 0.15) is 0 Å². The molecular formula is C14H24N2O4S. The van der Waals surface area contributed by atoms with E-state index in [1.165, 1.54) is 6.42 Å². The number of thioether (sulfide) groups is 1. The zero-order valence-corrected chi connectivity index (χ0v) is 13.2. The van der Waals surface area contributed by atoms with Crippen LogP contribution in [0.25, 0.3) is 0 Å². The van der Waals surface area contributed by atoms with Crippen molar-refractivity contribution in [2.24, 2.45) is 0 Å². The fourth-order valence-corrected chi connectivity index (χ4v) is 3.43. The van der Waals surface area contributed by atoms with Crippen LogP contribution in [0.3, 0.4) is 0 Å². The lowest BCUT2D eigenvalue weighted by Crippen LogP contribution is -2.49. The number of carbonyl (C=O) groups is 3. The van der Waals surface area contributed by atoms with E-state index < -0.39 is 12.0 Å². The van der Waals surface area contributed by atoms with E-state index in [2.05, 4.69) is 10.6 Å². The summed E-state index contributed by atoms with van der Waals surface area (Å²) >= 11 is 1.75. The lowest BCUT2D eigenvalue weighted by molar-refractivity contribution is -0.137. The van der Waals surface area contributed by atoms with Crippen molar-refractivity contribution >= 4 is 29.7 Å². The smallest absolute Gasteiger partial charge is 0.321 e. The van der Waals surface area contributed by atoms with Crippen LogP contribution in [0.5, 0.6) is 0 Å². The number of aliphatic carboxylic acids is 1. The summed E-state index contributed by atoms with van der Waals surface area (Å²) in [6.45, 7) is 0. The largest absolute Gasteiger partial charge is 0.481 e. The molecule has 0 spiro atoms. The number of amides is 3. The number of hydrogen-bond acceptors (Lipinski definition) is 4. The molecule has 3 amide bonds. The second kappa shape index (κ2) is 9.65. The molecule has 0 bridgehead atoms. The highest BCUT2D eigenvalue weighted by Crippen LogP contribution is 2.26. The number of carbonyl (C=O) groups excluding carboxylic acids is 2. The van der Waals surface area contributed by atoms with Gasteiger partial charge in [0.05, 0.1) is 0 Å². The minimum absolute atomic E-state index is 0.0525. The van der Waals surface area contributed by atoms with Gasteiger partial charge in [0.25, 0.3) is 0 Å². The molecule has 1 aliphatic rings. The molecule has 1 fully saturated rings. The number of hydrogen-bond donors (Lipinski definition) is 3. The Labute approximate surface area is 129 Å². The van der Waals surface area contributed by atoms with E-state index in [0.717, 1.165) is 19.3 Å². The van der Waals surface area contributed by atoms with Crippen LogP contribution in [0.1, 0.15) is 51.4 Å². The molecule has 0 saturated heterocycles. The second-order valence-electron chi connectivity index (χ2n) is 5.29. The molecule has 1 saturated carbocycles. The van der Waals surface area contributed by atoms with Crippen molar-refractivity contribution in [3.63, 3.8) is 0 Å². The van der Waals surface area contributed by atoms with Crippen LogP contribution in [0.2, 0.25) is 0 Å². The van der Waals surface area contributed by atoms with Gasteiger partial charge in [0.2, 0.25) is 5.91 Å². The average molecular weight is 316 g/mol. The third kappa shape index (κ3) is 7.36. The van der Waals surface area contributed by atoms with Crippen LogP contribution in [-0.4, -0.2) is 40.6 Å². The molecule has 7 heteroatoms. The number of urea groups is 1. The van der Waals surface area contributed by atoms with Crippen molar-refractivity contribution in [2.45, 2.75) is 62.7 Å². The molecule has 1 aliphatic carbocycles. The van der Waals surface area contributed by atoms with E-state index in [0.29, 0.717) is 18.1 Å². The fraction of sp³-hybridized carbons (Fsp3) is 0.786. The molecule has 0 aromatic rings. The highest BCUT2D eigenvalue weighted by molar-refractivity contribution is 7.99. The molecule has 6 nitrogen and oxygen atoms in total.